The summed E-state index contributed by atoms with van der Waals surface area (Å²) in [5, 5.41) is 29.9. The molecule has 0 bridgehead atoms. The van der Waals surface area contributed by atoms with Crippen LogP contribution in [0.2, 0.25) is 0 Å². The van der Waals surface area contributed by atoms with Crippen LogP contribution in [-0.4, -0.2) is 17.3 Å². The van der Waals surface area contributed by atoms with Crippen molar-refractivity contribution < 1.29 is 48.3 Å². The smallest absolute Gasteiger partial charge is 0.151 e. The van der Waals surface area contributed by atoms with E-state index in [0.29, 0.717) is 0 Å². The van der Waals surface area contributed by atoms with Gasteiger partial charge in [0.1, 0.15) is 0 Å². The number of hydrogen-bond donors (Lipinski definition) is 0. The fraction of sp³-hybridized carbons (Fsp3) is 0.400. The summed E-state index contributed by atoms with van der Waals surface area (Å²) in [7, 11) is 0. The second-order valence-corrected chi connectivity index (χ2v) is 4.10. The zero-order valence-electron chi connectivity index (χ0n) is 13.6. The molecule has 0 saturated heterocycles. The summed E-state index contributed by atoms with van der Waals surface area (Å²) in [6.07, 6.45) is 3.17. The minimum absolute atomic E-state index is 0. The standard InChI is InChI=1S/3C5H8O2.V/c3*1-4(6)3-5(2)7;/h3*3,6H,1-2H3;/p-3/b3*4-3+;. The SMILES string of the molecule is CC(=O)/C=C(\C)[O-].CC(=O)/C=C(\C)[O-].CC(=O)/C=C(\C)[O-].[V]. The summed E-state index contributed by atoms with van der Waals surface area (Å²) >= 11 is 0. The van der Waals surface area contributed by atoms with Gasteiger partial charge in [0.25, 0.3) is 0 Å². The summed E-state index contributed by atoms with van der Waals surface area (Å²) in [5.74, 6) is -1.12. The second kappa shape index (κ2) is 17.3. The molecule has 6 nitrogen and oxygen atoms in total. The third-order valence-electron chi connectivity index (χ3n) is 1.22. The Kier molecular flexibility index (Phi) is 22.3. The molecule has 0 heterocycles. The zero-order chi connectivity index (χ0) is 17.6. The molecule has 7 heteroatoms. The maximum atomic E-state index is 9.98. The Hall–Kier alpha value is -1.79. The minimum atomic E-state index is -0.187. The van der Waals surface area contributed by atoms with Gasteiger partial charge in [0, 0.05) is 18.6 Å². The second-order valence-electron chi connectivity index (χ2n) is 4.10. The molecule has 0 rings (SSSR count). The van der Waals surface area contributed by atoms with Crippen LogP contribution in [0, 0.1) is 0 Å². The first-order valence-electron chi connectivity index (χ1n) is 5.96. The van der Waals surface area contributed by atoms with Crippen LogP contribution in [0.3, 0.4) is 0 Å². The first-order chi connectivity index (χ1) is 9.38. The maximum absolute atomic E-state index is 9.98. The van der Waals surface area contributed by atoms with E-state index in [1.807, 2.05) is 0 Å². The molecule has 0 atom stereocenters. The first kappa shape index (κ1) is 28.4. The van der Waals surface area contributed by atoms with Crippen molar-refractivity contribution in [2.24, 2.45) is 0 Å². The first-order valence-corrected chi connectivity index (χ1v) is 5.96. The van der Waals surface area contributed by atoms with E-state index in [2.05, 4.69) is 0 Å². The number of carbonyl (C=O) groups excluding carboxylic acids is 3. The number of hydrogen-bond acceptors (Lipinski definition) is 6. The average molecular weight is 348 g/mol. The fourth-order valence-electron chi connectivity index (χ4n) is 0.859. The van der Waals surface area contributed by atoms with Crippen molar-refractivity contribution in [2.75, 3.05) is 0 Å². The van der Waals surface area contributed by atoms with Crippen molar-refractivity contribution in [1.82, 2.24) is 0 Å². The summed E-state index contributed by atoms with van der Waals surface area (Å²) in [6.45, 7) is 8.09. The molecule has 0 N–H and O–H groups in total. The van der Waals surface area contributed by atoms with E-state index in [-0.39, 0.29) is 53.2 Å². The molecule has 125 valence electrons. The fourth-order valence-corrected chi connectivity index (χ4v) is 0.859. The molecule has 0 aliphatic carbocycles. The van der Waals surface area contributed by atoms with Crippen LogP contribution in [0.4, 0.5) is 0 Å². The Balaban J connectivity index is -0.000000108. The summed E-state index contributed by atoms with van der Waals surface area (Å²) < 4.78 is 0. The van der Waals surface area contributed by atoms with E-state index in [0.717, 1.165) is 18.2 Å². The molecular weight excluding hydrogens is 327 g/mol. The normalized spacial score (nSPS) is 10.9. The van der Waals surface area contributed by atoms with Gasteiger partial charge in [-0.15, -0.1) is 17.3 Å². The molecule has 0 aromatic rings. The van der Waals surface area contributed by atoms with Crippen molar-refractivity contribution in [1.29, 1.82) is 0 Å². The number of rotatable bonds is 3. The van der Waals surface area contributed by atoms with Gasteiger partial charge in [-0.1, -0.05) is 20.8 Å². The van der Waals surface area contributed by atoms with Crippen LogP contribution in [0.1, 0.15) is 41.5 Å². The van der Waals surface area contributed by atoms with Crippen LogP contribution in [-0.2, 0) is 32.9 Å². The third-order valence-corrected chi connectivity index (χ3v) is 1.22. The van der Waals surface area contributed by atoms with E-state index in [9.17, 15) is 29.7 Å². The van der Waals surface area contributed by atoms with Gasteiger partial charge < -0.3 is 15.3 Å². The molecule has 0 aliphatic heterocycles. The maximum Gasteiger partial charge on any atom is 0.151 e. The number of allylic oxidation sites excluding steroid dienone is 6. The third kappa shape index (κ3) is 51.7. The van der Waals surface area contributed by atoms with Gasteiger partial charge in [0.15, 0.2) is 17.3 Å². The van der Waals surface area contributed by atoms with Gasteiger partial charge in [0.05, 0.1) is 0 Å². The van der Waals surface area contributed by atoms with E-state index in [1.54, 1.807) is 0 Å². The van der Waals surface area contributed by atoms with Gasteiger partial charge in [-0.25, -0.2) is 0 Å². The van der Waals surface area contributed by atoms with Crippen molar-refractivity contribution >= 4 is 17.3 Å². The molecule has 1 radical (unpaired) electrons. The topological polar surface area (TPSA) is 120 Å². The molecule has 0 saturated carbocycles. The summed E-state index contributed by atoms with van der Waals surface area (Å²) in [6, 6.07) is 0. The van der Waals surface area contributed by atoms with Crippen molar-refractivity contribution in [3.8, 4) is 0 Å². The monoisotopic (exact) mass is 348 g/mol. The van der Waals surface area contributed by atoms with Crippen LogP contribution in [0.25, 0.3) is 0 Å². The largest absolute Gasteiger partial charge is 0.876 e. The Labute approximate surface area is 143 Å². The van der Waals surface area contributed by atoms with Gasteiger partial charge in [-0.2, -0.15) is 0 Å². The number of carbonyl (C=O) groups is 3. The average Bonchev–Trinajstić information content (AvgIpc) is 2.10. The molecule has 0 fully saturated rings. The van der Waals surface area contributed by atoms with E-state index in [4.69, 9.17) is 0 Å². The minimum Gasteiger partial charge on any atom is -0.876 e. The molecule has 0 spiro atoms. The van der Waals surface area contributed by atoms with Crippen LogP contribution < -0.4 is 15.3 Å². The zero-order valence-corrected chi connectivity index (χ0v) is 15.0. The molecular formula is C15H21O6V-3. The van der Waals surface area contributed by atoms with Crippen molar-refractivity contribution in [2.45, 2.75) is 41.5 Å². The van der Waals surface area contributed by atoms with Crippen LogP contribution in [0.15, 0.2) is 35.5 Å². The Morgan fingerprint density at radius 2 is 0.682 bits per heavy atom. The molecule has 0 amide bonds. The van der Waals surface area contributed by atoms with Crippen LogP contribution in [0.5, 0.6) is 0 Å². The molecule has 22 heavy (non-hydrogen) atoms. The Morgan fingerprint density at radius 3 is 0.682 bits per heavy atom. The van der Waals surface area contributed by atoms with Crippen LogP contribution >= 0.6 is 0 Å². The number of ketones is 3. The van der Waals surface area contributed by atoms with Gasteiger partial charge >= 0.3 is 0 Å². The Morgan fingerprint density at radius 1 is 0.545 bits per heavy atom. The van der Waals surface area contributed by atoms with E-state index < -0.39 is 0 Å². The quantitative estimate of drug-likeness (QED) is 0.501. The molecule has 0 aliphatic rings. The Bertz CT molecular complexity index is 368. The van der Waals surface area contributed by atoms with Gasteiger partial charge in [0.2, 0.25) is 0 Å². The summed E-state index contributed by atoms with van der Waals surface area (Å²) in [5.41, 5.74) is 0. The van der Waals surface area contributed by atoms with Gasteiger partial charge in [-0.05, 0) is 39.0 Å². The predicted octanol–water partition coefficient (Wildman–Crippen LogP) is -0.484. The van der Waals surface area contributed by atoms with Crippen molar-refractivity contribution in [3.63, 3.8) is 0 Å². The molecule has 0 aromatic heterocycles. The molecule has 0 aromatic carbocycles. The van der Waals surface area contributed by atoms with Crippen molar-refractivity contribution in [3.05, 3.63) is 35.5 Å². The van der Waals surface area contributed by atoms with Gasteiger partial charge in [-0.3, -0.25) is 14.4 Å². The van der Waals surface area contributed by atoms with E-state index >= 15 is 0 Å². The molecule has 0 unspecified atom stereocenters. The van der Waals surface area contributed by atoms with E-state index in [1.165, 1.54) is 41.5 Å². The summed E-state index contributed by atoms with van der Waals surface area (Å²) in [4.78, 5) is 29.9. The predicted molar refractivity (Wildman–Crippen MR) is 73.3 cm³/mol.